The number of hydrogen-bond donors (Lipinski definition) is 0. The maximum atomic E-state index is 8.61. The maximum absolute atomic E-state index is 8.61. The Bertz CT molecular complexity index is 233. The van der Waals surface area contributed by atoms with E-state index in [1.807, 2.05) is 6.92 Å². The van der Waals surface area contributed by atoms with E-state index in [1.165, 1.54) is 6.33 Å². The van der Waals surface area contributed by atoms with Gasteiger partial charge in [0.15, 0.2) is 0 Å². The average Bonchev–Trinajstić information content (AvgIpc) is 2.52. The van der Waals surface area contributed by atoms with Gasteiger partial charge in [0.25, 0.3) is 0 Å². The topological polar surface area (TPSA) is 54.5 Å². The molecule has 1 unspecified atom stereocenters. The molecule has 4 heteroatoms. The van der Waals surface area contributed by atoms with E-state index in [0.717, 1.165) is 6.42 Å². The van der Waals surface area contributed by atoms with Gasteiger partial charge in [-0.25, -0.2) is 4.98 Å². The summed E-state index contributed by atoms with van der Waals surface area (Å²) in [5, 5.41) is 12.5. The molecule has 0 spiro atoms. The first-order chi connectivity index (χ1) is 5.36. The summed E-state index contributed by atoms with van der Waals surface area (Å²) in [6.45, 7) is 2.64. The molecule has 1 heterocycles. The van der Waals surface area contributed by atoms with Crippen molar-refractivity contribution in [2.75, 3.05) is 0 Å². The van der Waals surface area contributed by atoms with Crippen LogP contribution >= 0.6 is 0 Å². The summed E-state index contributed by atoms with van der Waals surface area (Å²) >= 11 is 0. The Labute approximate surface area is 65.5 Å². The third-order valence-electron chi connectivity index (χ3n) is 1.55. The van der Waals surface area contributed by atoms with Gasteiger partial charge in [0.05, 0.1) is 18.5 Å². The van der Waals surface area contributed by atoms with Crippen molar-refractivity contribution in [2.45, 2.75) is 19.9 Å². The van der Waals surface area contributed by atoms with E-state index >= 15 is 0 Å². The van der Waals surface area contributed by atoms with Crippen LogP contribution in [0.2, 0.25) is 0 Å². The minimum absolute atomic E-state index is 0.0525. The molecule has 58 valence electrons. The molecule has 4 nitrogen and oxygen atoms in total. The smallest absolute Gasteiger partial charge is 0.137 e. The van der Waals surface area contributed by atoms with Crippen molar-refractivity contribution in [3.05, 3.63) is 12.7 Å². The number of hydrogen-bond acceptors (Lipinski definition) is 3. The normalized spacial score (nSPS) is 12.4. The Hall–Kier alpha value is -1.37. The molecule has 0 N–H and O–H groups in total. The third-order valence-corrected chi connectivity index (χ3v) is 1.55. The van der Waals surface area contributed by atoms with Crippen LogP contribution in [0.3, 0.4) is 0 Å². The average molecular weight is 150 g/mol. The van der Waals surface area contributed by atoms with E-state index < -0.39 is 0 Å². The summed E-state index contributed by atoms with van der Waals surface area (Å²) in [5.41, 5.74) is 0. The second kappa shape index (κ2) is 3.71. The van der Waals surface area contributed by atoms with Crippen LogP contribution in [0.5, 0.6) is 0 Å². The van der Waals surface area contributed by atoms with Crippen LogP contribution in [0.25, 0.3) is 0 Å². The fourth-order valence-electron chi connectivity index (χ4n) is 0.814. The maximum Gasteiger partial charge on any atom is 0.137 e. The summed E-state index contributed by atoms with van der Waals surface area (Å²) in [6.07, 6.45) is 3.96. The molecule has 0 bridgehead atoms. The fraction of sp³-hybridized carbons (Fsp3) is 0.571. The van der Waals surface area contributed by atoms with Crippen LogP contribution in [0.1, 0.15) is 13.3 Å². The second-order valence-corrected chi connectivity index (χ2v) is 2.35. The first kappa shape index (κ1) is 7.73. The van der Waals surface area contributed by atoms with Gasteiger partial charge in [-0.1, -0.05) is 6.92 Å². The Kier molecular flexibility index (Phi) is 2.61. The predicted octanol–water partition coefficient (Wildman–Crippen LogP) is 0.828. The van der Waals surface area contributed by atoms with Crippen LogP contribution in [-0.4, -0.2) is 14.8 Å². The highest BCUT2D eigenvalue weighted by atomic mass is 15.3. The number of nitrogens with zero attached hydrogens (tertiary/aromatic N) is 4. The Morgan fingerprint density at radius 3 is 3.00 bits per heavy atom. The summed E-state index contributed by atoms with van der Waals surface area (Å²) in [6, 6.07) is 2.20. The molecule has 0 fully saturated rings. The largest absolute Gasteiger partial charge is 0.252 e. The molecule has 1 aromatic heterocycles. The Morgan fingerprint density at radius 2 is 2.55 bits per heavy atom. The van der Waals surface area contributed by atoms with E-state index in [1.54, 1.807) is 11.0 Å². The quantitative estimate of drug-likeness (QED) is 0.641. The molecular formula is C7H10N4. The lowest BCUT2D eigenvalue weighted by molar-refractivity contribution is 0.486. The van der Waals surface area contributed by atoms with Crippen molar-refractivity contribution in [2.24, 2.45) is 5.92 Å². The lowest BCUT2D eigenvalue weighted by Crippen LogP contribution is -2.08. The van der Waals surface area contributed by atoms with Gasteiger partial charge in [-0.05, 0) is 6.42 Å². The molecule has 1 rings (SSSR count). The van der Waals surface area contributed by atoms with Gasteiger partial charge in [0.1, 0.15) is 12.7 Å². The Morgan fingerprint density at radius 1 is 1.73 bits per heavy atom. The van der Waals surface area contributed by atoms with Gasteiger partial charge in [0.2, 0.25) is 0 Å². The van der Waals surface area contributed by atoms with E-state index in [9.17, 15) is 0 Å². The van der Waals surface area contributed by atoms with Crippen molar-refractivity contribution >= 4 is 0 Å². The zero-order valence-corrected chi connectivity index (χ0v) is 6.44. The molecule has 0 saturated carbocycles. The number of nitriles is 1. The van der Waals surface area contributed by atoms with Crippen molar-refractivity contribution in [3.8, 4) is 6.07 Å². The molecule has 0 radical (unpaired) electrons. The molecule has 0 aliphatic rings. The highest BCUT2D eigenvalue weighted by molar-refractivity contribution is 4.81. The first-order valence-corrected chi connectivity index (χ1v) is 3.58. The first-order valence-electron chi connectivity index (χ1n) is 3.58. The second-order valence-electron chi connectivity index (χ2n) is 2.35. The van der Waals surface area contributed by atoms with Gasteiger partial charge >= 0.3 is 0 Å². The number of rotatable bonds is 3. The van der Waals surface area contributed by atoms with E-state index in [-0.39, 0.29) is 5.92 Å². The SMILES string of the molecule is CCC(C#N)Cn1cncn1. The molecule has 0 saturated heterocycles. The lowest BCUT2D eigenvalue weighted by Gasteiger charge is -2.03. The zero-order valence-electron chi connectivity index (χ0n) is 6.44. The summed E-state index contributed by atoms with van der Waals surface area (Å²) in [7, 11) is 0. The molecule has 0 amide bonds. The van der Waals surface area contributed by atoms with Crippen molar-refractivity contribution < 1.29 is 0 Å². The lowest BCUT2D eigenvalue weighted by atomic mass is 10.1. The van der Waals surface area contributed by atoms with Crippen LogP contribution in [-0.2, 0) is 6.54 Å². The Balaban J connectivity index is 2.49. The molecule has 1 aromatic rings. The zero-order chi connectivity index (χ0) is 8.10. The van der Waals surface area contributed by atoms with Gasteiger partial charge in [-0.2, -0.15) is 10.4 Å². The van der Waals surface area contributed by atoms with Crippen molar-refractivity contribution in [3.63, 3.8) is 0 Å². The van der Waals surface area contributed by atoms with Gasteiger partial charge < -0.3 is 0 Å². The summed E-state index contributed by atoms with van der Waals surface area (Å²) in [5.74, 6) is 0.0525. The predicted molar refractivity (Wildman–Crippen MR) is 39.4 cm³/mol. The highest BCUT2D eigenvalue weighted by Gasteiger charge is 2.04. The number of aromatic nitrogens is 3. The van der Waals surface area contributed by atoms with E-state index in [4.69, 9.17) is 5.26 Å². The third kappa shape index (κ3) is 2.04. The summed E-state index contributed by atoms with van der Waals surface area (Å²) < 4.78 is 1.68. The van der Waals surface area contributed by atoms with Gasteiger partial charge in [-0.15, -0.1) is 0 Å². The van der Waals surface area contributed by atoms with Crippen molar-refractivity contribution in [1.82, 2.24) is 14.8 Å². The summed E-state index contributed by atoms with van der Waals surface area (Å²) in [4.78, 5) is 3.79. The van der Waals surface area contributed by atoms with Crippen LogP contribution in [0.4, 0.5) is 0 Å². The van der Waals surface area contributed by atoms with E-state index in [0.29, 0.717) is 6.54 Å². The highest BCUT2D eigenvalue weighted by Crippen LogP contribution is 2.02. The van der Waals surface area contributed by atoms with Gasteiger partial charge in [-0.3, -0.25) is 4.68 Å². The minimum atomic E-state index is 0.0525. The molecule has 0 aromatic carbocycles. The van der Waals surface area contributed by atoms with Crippen LogP contribution < -0.4 is 0 Å². The van der Waals surface area contributed by atoms with Gasteiger partial charge in [0, 0.05) is 0 Å². The molecular weight excluding hydrogens is 140 g/mol. The molecule has 1 atom stereocenters. The van der Waals surface area contributed by atoms with Crippen molar-refractivity contribution in [1.29, 1.82) is 5.26 Å². The van der Waals surface area contributed by atoms with Crippen LogP contribution in [0.15, 0.2) is 12.7 Å². The fourth-order valence-corrected chi connectivity index (χ4v) is 0.814. The van der Waals surface area contributed by atoms with Crippen LogP contribution in [0, 0.1) is 17.2 Å². The standard InChI is InChI=1S/C7H10N4/c1-2-7(3-8)4-11-6-9-5-10-11/h5-7H,2,4H2,1H3. The van der Waals surface area contributed by atoms with E-state index in [2.05, 4.69) is 16.2 Å². The molecule has 11 heavy (non-hydrogen) atoms. The minimum Gasteiger partial charge on any atom is -0.252 e. The molecule has 0 aliphatic carbocycles. The molecule has 0 aliphatic heterocycles. The monoisotopic (exact) mass is 150 g/mol.